The second-order valence-electron chi connectivity index (χ2n) is 4.12. The number of fused-ring (bicyclic) bond motifs is 2. The van der Waals surface area contributed by atoms with Crippen LogP contribution in [0.4, 0.5) is 0 Å². The van der Waals surface area contributed by atoms with Crippen LogP contribution >= 0.6 is 0 Å². The van der Waals surface area contributed by atoms with Crippen LogP contribution < -0.4 is 0 Å². The average Bonchev–Trinajstić information content (AvgIpc) is 1.58. The minimum Gasteiger partial charge on any atom is -0.0813 e. The Balaban J connectivity index is 2.24. The van der Waals surface area contributed by atoms with Gasteiger partial charge in [-0.05, 0) is 30.6 Å². The lowest BCUT2D eigenvalue weighted by atomic mass is 9.60. The molecule has 0 aromatic rings. The predicted octanol–water partition coefficient (Wildman–Crippen LogP) is 2.75. The first-order valence-electron chi connectivity index (χ1n) is 3.88. The first-order chi connectivity index (χ1) is 4.18. The topological polar surface area (TPSA) is 0 Å². The number of hydrogen-bond donors (Lipinski definition) is 0. The van der Waals surface area contributed by atoms with Crippen LogP contribution in [0.5, 0.6) is 0 Å². The number of rotatable bonds is 0. The van der Waals surface area contributed by atoms with Crippen molar-refractivity contribution in [1.82, 2.24) is 0 Å². The van der Waals surface area contributed by atoms with Crippen molar-refractivity contribution < 1.29 is 0 Å². The van der Waals surface area contributed by atoms with E-state index in [1.807, 2.05) is 0 Å². The summed E-state index contributed by atoms with van der Waals surface area (Å²) in [6, 6.07) is 0. The lowest BCUT2D eigenvalue weighted by Gasteiger charge is -2.45. The Hall–Kier alpha value is -0.260. The van der Waals surface area contributed by atoms with Gasteiger partial charge in [0.2, 0.25) is 0 Å². The van der Waals surface area contributed by atoms with Crippen LogP contribution in [0, 0.1) is 11.3 Å². The van der Waals surface area contributed by atoms with Gasteiger partial charge in [-0.3, -0.25) is 0 Å². The smallest absolute Gasteiger partial charge is 0.0142 e. The summed E-state index contributed by atoms with van der Waals surface area (Å²) >= 11 is 0. The molecule has 0 aromatic carbocycles. The highest BCUT2D eigenvalue weighted by Gasteiger charge is 2.38. The fourth-order valence-electron chi connectivity index (χ4n) is 1.89. The molecule has 0 aromatic heterocycles. The molecule has 50 valence electrons. The van der Waals surface area contributed by atoms with Crippen LogP contribution in [0.25, 0.3) is 0 Å². The van der Waals surface area contributed by atoms with E-state index in [-0.39, 0.29) is 0 Å². The van der Waals surface area contributed by atoms with Gasteiger partial charge in [-0.2, -0.15) is 0 Å². The molecule has 3 rings (SSSR count). The van der Waals surface area contributed by atoms with Crippen LogP contribution in [-0.2, 0) is 0 Å². The zero-order valence-electron chi connectivity index (χ0n) is 6.28. The highest BCUT2D eigenvalue weighted by atomic mass is 14.4. The van der Waals surface area contributed by atoms with Crippen LogP contribution in [0.3, 0.4) is 0 Å². The number of hydrogen-bond acceptors (Lipinski definition) is 0. The first-order valence-corrected chi connectivity index (χ1v) is 3.88. The molecular weight excluding hydrogens is 108 g/mol. The standard InChI is InChI=1S/C9H14/c1-9(2)4-3-7-5-8(9)6-7/h5,8H,3-4,6H2,1-2H3. The Bertz CT molecular complexity index is 163. The molecule has 0 nitrogen and oxygen atoms in total. The Morgan fingerprint density at radius 1 is 1.56 bits per heavy atom. The third kappa shape index (κ3) is 0.654. The van der Waals surface area contributed by atoms with Gasteiger partial charge in [0.15, 0.2) is 0 Å². The SMILES string of the molecule is CC1(C)CCC2=CC1C2. The summed E-state index contributed by atoms with van der Waals surface area (Å²) in [5.74, 6) is 0.932. The van der Waals surface area contributed by atoms with Crippen LogP contribution in [-0.4, -0.2) is 0 Å². The molecule has 1 saturated carbocycles. The second kappa shape index (κ2) is 1.42. The van der Waals surface area contributed by atoms with Crippen molar-refractivity contribution in [2.24, 2.45) is 11.3 Å². The Labute approximate surface area is 57.0 Å². The van der Waals surface area contributed by atoms with Gasteiger partial charge < -0.3 is 0 Å². The van der Waals surface area contributed by atoms with Gasteiger partial charge in [0.1, 0.15) is 0 Å². The van der Waals surface area contributed by atoms with Gasteiger partial charge >= 0.3 is 0 Å². The third-order valence-electron chi connectivity index (χ3n) is 3.01. The lowest BCUT2D eigenvalue weighted by Crippen LogP contribution is -2.33. The fraction of sp³-hybridized carbons (Fsp3) is 0.778. The normalized spacial score (nSPS) is 37.1. The Morgan fingerprint density at radius 3 is 2.44 bits per heavy atom. The predicted molar refractivity (Wildman–Crippen MR) is 39.2 cm³/mol. The Morgan fingerprint density at radius 2 is 2.22 bits per heavy atom. The maximum absolute atomic E-state index is 2.48. The van der Waals surface area contributed by atoms with Crippen molar-refractivity contribution >= 4 is 0 Å². The van der Waals surface area contributed by atoms with Crippen LogP contribution in [0.15, 0.2) is 11.6 Å². The zero-order chi connectivity index (χ0) is 6.48. The van der Waals surface area contributed by atoms with Crippen molar-refractivity contribution in [2.75, 3.05) is 0 Å². The quantitative estimate of drug-likeness (QED) is 0.433. The second-order valence-corrected chi connectivity index (χ2v) is 4.12. The minimum absolute atomic E-state index is 0.627. The van der Waals surface area contributed by atoms with Crippen molar-refractivity contribution in [3.63, 3.8) is 0 Å². The number of allylic oxidation sites excluding steroid dienone is 2. The van der Waals surface area contributed by atoms with Gasteiger partial charge in [0.25, 0.3) is 0 Å². The first kappa shape index (κ1) is 5.52. The molecule has 9 heavy (non-hydrogen) atoms. The van der Waals surface area contributed by atoms with Gasteiger partial charge in [-0.15, -0.1) is 0 Å². The molecule has 3 aliphatic carbocycles. The van der Waals surface area contributed by atoms with Gasteiger partial charge in [0.05, 0.1) is 0 Å². The molecule has 1 unspecified atom stereocenters. The maximum atomic E-state index is 2.48. The highest BCUT2D eigenvalue weighted by molar-refractivity contribution is 5.23. The molecule has 0 radical (unpaired) electrons. The molecule has 0 N–H and O–H groups in total. The highest BCUT2D eigenvalue weighted by Crippen LogP contribution is 2.50. The molecule has 0 saturated heterocycles. The van der Waals surface area contributed by atoms with E-state index in [0.29, 0.717) is 5.41 Å². The molecular formula is C9H14. The van der Waals surface area contributed by atoms with E-state index in [1.54, 1.807) is 5.57 Å². The summed E-state index contributed by atoms with van der Waals surface area (Å²) in [6.07, 6.45) is 6.68. The summed E-state index contributed by atoms with van der Waals surface area (Å²) in [5.41, 5.74) is 2.35. The molecule has 1 fully saturated rings. The molecule has 0 heteroatoms. The fourth-order valence-corrected chi connectivity index (χ4v) is 1.89. The van der Waals surface area contributed by atoms with Crippen LogP contribution in [0.1, 0.15) is 33.1 Å². The summed E-state index contributed by atoms with van der Waals surface area (Å²) in [5, 5.41) is 0. The van der Waals surface area contributed by atoms with Crippen molar-refractivity contribution in [3.8, 4) is 0 Å². The maximum Gasteiger partial charge on any atom is -0.0142 e. The third-order valence-corrected chi connectivity index (χ3v) is 3.01. The van der Waals surface area contributed by atoms with E-state index >= 15 is 0 Å². The van der Waals surface area contributed by atoms with E-state index in [4.69, 9.17) is 0 Å². The molecule has 0 amide bonds. The summed E-state index contributed by atoms with van der Waals surface area (Å²) in [4.78, 5) is 0. The minimum atomic E-state index is 0.627. The largest absolute Gasteiger partial charge is 0.0813 e. The Kier molecular flexibility index (Phi) is 0.870. The van der Waals surface area contributed by atoms with Gasteiger partial charge in [0, 0.05) is 0 Å². The summed E-state index contributed by atoms with van der Waals surface area (Å²) < 4.78 is 0. The molecule has 3 aliphatic rings. The van der Waals surface area contributed by atoms with Crippen molar-refractivity contribution in [2.45, 2.75) is 33.1 Å². The van der Waals surface area contributed by atoms with E-state index in [1.165, 1.54) is 19.3 Å². The monoisotopic (exact) mass is 122 g/mol. The molecule has 1 atom stereocenters. The summed E-state index contributed by atoms with van der Waals surface area (Å²) in [7, 11) is 0. The van der Waals surface area contributed by atoms with E-state index in [2.05, 4.69) is 19.9 Å². The molecule has 0 aliphatic heterocycles. The van der Waals surface area contributed by atoms with E-state index in [9.17, 15) is 0 Å². The molecule has 0 spiro atoms. The zero-order valence-corrected chi connectivity index (χ0v) is 6.28. The van der Waals surface area contributed by atoms with E-state index in [0.717, 1.165) is 5.92 Å². The molecule has 2 bridgehead atoms. The lowest BCUT2D eigenvalue weighted by molar-refractivity contribution is 0.178. The molecule has 0 heterocycles. The van der Waals surface area contributed by atoms with Crippen molar-refractivity contribution in [1.29, 1.82) is 0 Å². The van der Waals surface area contributed by atoms with E-state index < -0.39 is 0 Å². The van der Waals surface area contributed by atoms with Crippen molar-refractivity contribution in [3.05, 3.63) is 11.6 Å². The van der Waals surface area contributed by atoms with Gasteiger partial charge in [-0.25, -0.2) is 0 Å². The van der Waals surface area contributed by atoms with Crippen LogP contribution in [0.2, 0.25) is 0 Å². The average molecular weight is 122 g/mol. The summed E-state index contributed by atoms with van der Waals surface area (Å²) in [6.45, 7) is 4.79. The van der Waals surface area contributed by atoms with Gasteiger partial charge in [-0.1, -0.05) is 25.5 Å².